The number of aromatic carboxylic acids is 1. The molecular weight excluding hydrogens is 760 g/mol. The van der Waals surface area contributed by atoms with Crippen LogP contribution >= 0.6 is 0 Å². The van der Waals surface area contributed by atoms with Crippen LogP contribution < -0.4 is 21.2 Å². The van der Waals surface area contributed by atoms with E-state index in [4.69, 9.17) is 19.7 Å². The Hall–Kier alpha value is -7.68. The number of nitrogens with two attached hydrogens (primary N) is 1. The molecule has 0 radical (unpaired) electrons. The molecule has 14 nitrogen and oxygen atoms in total. The minimum Gasteiger partial charge on any atom is -0.508 e. The van der Waals surface area contributed by atoms with Crippen molar-refractivity contribution in [3.8, 4) is 45.3 Å². The predicted molar refractivity (Wildman–Crippen MR) is 216 cm³/mol. The van der Waals surface area contributed by atoms with E-state index in [2.05, 4.69) is 25.4 Å². The third kappa shape index (κ3) is 7.60. The van der Waals surface area contributed by atoms with Gasteiger partial charge in [0.15, 0.2) is 5.43 Å². The third-order valence-electron chi connectivity index (χ3n) is 10.1. The molecule has 1 aliphatic heterocycles. The summed E-state index contributed by atoms with van der Waals surface area (Å²) in [7, 11) is 1.51. The predicted octanol–water partition coefficient (Wildman–Crippen LogP) is 6.74. The molecule has 3 heterocycles. The maximum Gasteiger partial charge on any atom is 0.336 e. The van der Waals surface area contributed by atoms with Crippen LogP contribution in [0, 0.1) is 12.7 Å². The van der Waals surface area contributed by atoms with Gasteiger partial charge < -0.3 is 35.3 Å². The first-order chi connectivity index (χ1) is 28.5. The van der Waals surface area contributed by atoms with E-state index in [1.165, 1.54) is 61.7 Å². The summed E-state index contributed by atoms with van der Waals surface area (Å²) in [4.78, 5) is 57.3. The number of nitrogen functional groups attached to an aromatic ring is 1. The number of aryl methyl sites for hydroxylation is 1. The lowest BCUT2D eigenvalue weighted by molar-refractivity contribution is 0.0697. The number of ether oxygens (including phenoxy) is 1. The van der Waals surface area contributed by atoms with Gasteiger partial charge in [-0.25, -0.2) is 24.1 Å². The number of phenols is 1. The molecule has 0 fully saturated rings. The van der Waals surface area contributed by atoms with Crippen molar-refractivity contribution in [3.63, 3.8) is 0 Å². The number of carbonyl (C=O) groups excluding carboxylic acids is 1. The maximum absolute atomic E-state index is 14.7. The molecule has 15 heteroatoms. The number of carboxylic acids is 1. The number of carbonyl (C=O) groups is 2. The van der Waals surface area contributed by atoms with E-state index in [1.807, 2.05) is 0 Å². The van der Waals surface area contributed by atoms with Crippen LogP contribution in [0.15, 0.2) is 105 Å². The minimum atomic E-state index is -1.28. The Morgan fingerprint density at radius 3 is 2.59 bits per heavy atom. The Balaban J connectivity index is 1.02. The topological polar surface area (TPSA) is 212 Å². The van der Waals surface area contributed by atoms with Crippen LogP contribution in [0.25, 0.3) is 44.7 Å². The van der Waals surface area contributed by atoms with Crippen LogP contribution in [-0.4, -0.2) is 63.0 Å². The van der Waals surface area contributed by atoms with Crippen LogP contribution in [0.5, 0.6) is 11.6 Å². The summed E-state index contributed by atoms with van der Waals surface area (Å²) >= 11 is 0. The van der Waals surface area contributed by atoms with E-state index in [9.17, 15) is 29.0 Å². The van der Waals surface area contributed by atoms with Gasteiger partial charge in [0.25, 0.3) is 5.91 Å². The van der Waals surface area contributed by atoms with Gasteiger partial charge in [-0.2, -0.15) is 0 Å². The molecule has 5 N–H and O–H groups in total. The highest BCUT2D eigenvalue weighted by molar-refractivity contribution is 6.09. The summed E-state index contributed by atoms with van der Waals surface area (Å²) in [5.41, 5.74) is 11.6. The fourth-order valence-electron chi connectivity index (χ4n) is 7.57. The molecule has 59 heavy (non-hydrogen) atoms. The summed E-state index contributed by atoms with van der Waals surface area (Å²) < 4.78 is 25.9. The minimum absolute atomic E-state index is 0.0212. The Kier molecular flexibility index (Phi) is 10.2. The number of aromatic hydroxyl groups is 1. The maximum atomic E-state index is 14.7. The number of pyridine rings is 1. The second kappa shape index (κ2) is 15.7. The number of hydrogen-bond acceptors (Lipinski definition) is 12. The number of phenolic OH excluding ortho intramolecular Hbond substituents is 1. The van der Waals surface area contributed by atoms with Gasteiger partial charge in [-0.15, -0.1) is 0 Å². The smallest absolute Gasteiger partial charge is 0.336 e. The zero-order valence-corrected chi connectivity index (χ0v) is 31.7. The highest BCUT2D eigenvalue weighted by atomic mass is 19.1. The number of methoxy groups -OCH3 is 1. The fourth-order valence-corrected chi connectivity index (χ4v) is 7.57. The second-order valence-electron chi connectivity index (χ2n) is 13.9. The molecule has 8 rings (SSSR count). The van der Waals surface area contributed by atoms with Gasteiger partial charge in [0.2, 0.25) is 11.8 Å². The Labute approximate surface area is 335 Å². The number of oxime groups is 1. The average molecular weight is 795 g/mol. The number of aromatic nitrogens is 3. The van der Waals surface area contributed by atoms with E-state index in [-0.39, 0.29) is 64.2 Å². The summed E-state index contributed by atoms with van der Waals surface area (Å²) in [5.74, 6) is -1.84. The van der Waals surface area contributed by atoms with Crippen molar-refractivity contribution in [2.24, 2.45) is 5.16 Å². The Morgan fingerprint density at radius 1 is 0.949 bits per heavy atom. The number of benzene rings is 4. The molecule has 3 aromatic carbocycles. The van der Waals surface area contributed by atoms with E-state index in [0.29, 0.717) is 69.2 Å². The van der Waals surface area contributed by atoms with Crippen LogP contribution in [0.1, 0.15) is 55.6 Å². The molecule has 1 unspecified atom stereocenters. The zero-order valence-electron chi connectivity index (χ0n) is 31.7. The first-order valence-corrected chi connectivity index (χ1v) is 18.5. The zero-order chi connectivity index (χ0) is 41.4. The van der Waals surface area contributed by atoms with Gasteiger partial charge in [-0.05, 0) is 85.0 Å². The van der Waals surface area contributed by atoms with Gasteiger partial charge in [-0.3, -0.25) is 9.59 Å². The van der Waals surface area contributed by atoms with E-state index in [1.54, 1.807) is 43.3 Å². The molecule has 0 bridgehead atoms. The number of amides is 1. The monoisotopic (exact) mass is 794 g/mol. The van der Waals surface area contributed by atoms with E-state index < -0.39 is 17.7 Å². The average Bonchev–Trinajstić information content (AvgIpc) is 3.21. The molecule has 1 atom stereocenters. The number of rotatable bonds is 10. The summed E-state index contributed by atoms with van der Waals surface area (Å²) in [5, 5.41) is 28.1. The molecular formula is C44H35FN6O8. The number of fused-ring (bicyclic) bond motifs is 3. The lowest BCUT2D eigenvalue weighted by atomic mass is 9.79. The third-order valence-corrected chi connectivity index (χ3v) is 10.1. The molecule has 3 aliphatic rings. The summed E-state index contributed by atoms with van der Waals surface area (Å²) in [6.45, 7) is 1.79. The van der Waals surface area contributed by atoms with Crippen LogP contribution in [0.3, 0.4) is 0 Å². The summed E-state index contributed by atoms with van der Waals surface area (Å²) in [6.07, 6.45) is 0.855. The molecule has 5 aromatic rings. The van der Waals surface area contributed by atoms with Crippen molar-refractivity contribution in [1.29, 1.82) is 0 Å². The molecule has 0 saturated heterocycles. The van der Waals surface area contributed by atoms with Crippen molar-refractivity contribution >= 4 is 34.5 Å². The van der Waals surface area contributed by atoms with Crippen LogP contribution in [-0.2, 0) is 11.3 Å². The van der Waals surface area contributed by atoms with Crippen molar-refractivity contribution in [2.75, 3.05) is 26.0 Å². The van der Waals surface area contributed by atoms with Gasteiger partial charge in [0, 0.05) is 57.8 Å². The molecule has 0 saturated carbocycles. The van der Waals surface area contributed by atoms with Crippen molar-refractivity contribution in [1.82, 2.24) is 20.3 Å². The molecule has 2 aromatic heterocycles. The van der Waals surface area contributed by atoms with E-state index >= 15 is 0 Å². The fraction of sp³-hybridized carbons (Fsp3) is 0.159. The normalized spacial score (nSPS) is 14.3. The number of anilines is 1. The first kappa shape index (κ1) is 38.2. The van der Waals surface area contributed by atoms with E-state index in [0.717, 1.165) is 5.56 Å². The van der Waals surface area contributed by atoms with Gasteiger partial charge in [0.05, 0.1) is 42.0 Å². The van der Waals surface area contributed by atoms with Gasteiger partial charge in [0.1, 0.15) is 29.5 Å². The number of carboxylic acid groups (broad SMARTS) is 1. The quantitative estimate of drug-likeness (QED) is 0.0644. The molecule has 1 amide bonds. The standard InChI is InChI=1S/C44H35FN6O8/c1-22-40-35(50-44(46)48-22)17-24(28-11-7-25(45)19-32(28)34-4-3-5-39(49-34)57-2)18-36(40)51-58-15-14-47-42(54)23-6-10-29(33(16-23)43(55)56)41-30-12-8-26(52)20-37(30)59-38-21-27(53)9-13-31(38)41/h3-13,16,19-21,24,52H,14-15,17-18H2,1-2H3,(H,47,54)(H,55,56)(H2,46,48,50). The first-order valence-electron chi connectivity index (χ1n) is 18.5. The Morgan fingerprint density at radius 2 is 1.78 bits per heavy atom. The van der Waals surface area contributed by atoms with Gasteiger partial charge >= 0.3 is 5.97 Å². The molecule has 0 spiro atoms. The lowest BCUT2D eigenvalue weighted by Crippen LogP contribution is -2.27. The highest BCUT2D eigenvalue weighted by Gasteiger charge is 2.31. The number of hydrogen-bond donors (Lipinski definition) is 4. The molecule has 296 valence electrons. The largest absolute Gasteiger partial charge is 0.508 e. The summed E-state index contributed by atoms with van der Waals surface area (Å²) in [6, 6.07) is 22.8. The Bertz CT molecular complexity index is 2880. The number of halogens is 1. The van der Waals surface area contributed by atoms with Crippen molar-refractivity contribution < 1.29 is 38.2 Å². The molecule has 2 aliphatic carbocycles. The van der Waals surface area contributed by atoms with Gasteiger partial charge in [-0.1, -0.05) is 23.4 Å². The lowest BCUT2D eigenvalue weighted by Gasteiger charge is -2.27. The highest BCUT2D eigenvalue weighted by Crippen LogP contribution is 2.42. The number of nitrogens with zero attached hydrogens (tertiary/aromatic N) is 4. The SMILES string of the molecule is COc1cccc(-c2cc(F)ccc2C2CC(=NOCCNC(=O)c3ccc(-c4c5ccc(=O)cc-5oc5cc(O)ccc45)c(C(=O)O)c3)c3c(C)nc(N)nc3C2)n1. The number of nitrogens with one attached hydrogen (secondary N) is 1. The van der Waals surface area contributed by atoms with Crippen LogP contribution in [0.2, 0.25) is 0 Å². The second-order valence-corrected chi connectivity index (χ2v) is 13.9. The van der Waals surface area contributed by atoms with Crippen LogP contribution in [0.4, 0.5) is 10.3 Å². The van der Waals surface area contributed by atoms with Crippen molar-refractivity contribution in [3.05, 3.63) is 141 Å². The van der Waals surface area contributed by atoms with Crippen molar-refractivity contribution in [2.45, 2.75) is 25.7 Å².